The monoisotopic (exact) mass is 475 g/mol. The Morgan fingerprint density at radius 1 is 1.00 bits per heavy atom. The van der Waals surface area contributed by atoms with E-state index in [9.17, 15) is 19.2 Å². The summed E-state index contributed by atoms with van der Waals surface area (Å²) in [6, 6.07) is 11.5. The molecule has 2 aromatic rings. The Balaban J connectivity index is 2.07. The molecular formula is C22H19Cl2N3O5. The van der Waals surface area contributed by atoms with E-state index in [0.717, 1.165) is 11.9 Å². The second-order valence-electron chi connectivity index (χ2n) is 7.29. The van der Waals surface area contributed by atoms with Gasteiger partial charge in [0.15, 0.2) is 0 Å². The van der Waals surface area contributed by atoms with Gasteiger partial charge in [-0.25, -0.2) is 14.7 Å². The van der Waals surface area contributed by atoms with Crippen molar-refractivity contribution < 1.29 is 23.9 Å². The quantitative estimate of drug-likeness (QED) is 0.492. The molecule has 0 saturated carbocycles. The van der Waals surface area contributed by atoms with Crippen LogP contribution in [-0.4, -0.2) is 48.1 Å². The Morgan fingerprint density at radius 2 is 1.53 bits per heavy atom. The minimum atomic E-state index is -1.32. The highest BCUT2D eigenvalue weighted by Crippen LogP contribution is 2.34. The summed E-state index contributed by atoms with van der Waals surface area (Å²) in [4.78, 5) is 51.2. The molecule has 0 saturated heterocycles. The van der Waals surface area contributed by atoms with E-state index in [-0.39, 0.29) is 17.9 Å². The summed E-state index contributed by atoms with van der Waals surface area (Å²) >= 11 is 11.9. The number of hydrogen-bond acceptors (Lipinski definition) is 6. The fourth-order valence-electron chi connectivity index (χ4n) is 3.30. The van der Waals surface area contributed by atoms with Crippen molar-refractivity contribution >= 4 is 58.3 Å². The number of amides is 3. The van der Waals surface area contributed by atoms with Gasteiger partial charge in [0.1, 0.15) is 5.41 Å². The number of esters is 1. The smallest absolute Gasteiger partial charge is 0.352 e. The fourth-order valence-corrected chi connectivity index (χ4v) is 3.55. The van der Waals surface area contributed by atoms with E-state index in [2.05, 4.69) is 5.10 Å². The van der Waals surface area contributed by atoms with Crippen LogP contribution in [0.5, 0.6) is 0 Å². The van der Waals surface area contributed by atoms with Crippen LogP contribution >= 0.6 is 23.2 Å². The predicted octanol–water partition coefficient (Wildman–Crippen LogP) is 3.93. The van der Waals surface area contributed by atoms with Crippen LogP contribution in [0.1, 0.15) is 19.4 Å². The third-order valence-corrected chi connectivity index (χ3v) is 5.47. The number of benzene rings is 2. The maximum atomic E-state index is 13.4. The number of hydrogen-bond donors (Lipinski definition) is 0. The summed E-state index contributed by atoms with van der Waals surface area (Å²) in [5.74, 6) is -2.50. The van der Waals surface area contributed by atoms with Crippen LogP contribution in [0, 0.1) is 5.41 Å². The van der Waals surface area contributed by atoms with Gasteiger partial charge in [0.2, 0.25) is 5.78 Å². The Kier molecular flexibility index (Phi) is 6.66. The van der Waals surface area contributed by atoms with E-state index in [1.807, 2.05) is 0 Å². The average Bonchev–Trinajstić information content (AvgIpc) is 3.13. The second-order valence-corrected chi connectivity index (χ2v) is 8.17. The van der Waals surface area contributed by atoms with Crippen molar-refractivity contribution in [1.82, 2.24) is 5.01 Å². The maximum Gasteiger partial charge on any atom is 0.352 e. The van der Waals surface area contributed by atoms with Crippen LogP contribution in [0.3, 0.4) is 0 Å². The highest BCUT2D eigenvalue weighted by atomic mass is 35.5. The largest absolute Gasteiger partial charge is 0.468 e. The maximum absolute atomic E-state index is 13.4. The summed E-state index contributed by atoms with van der Waals surface area (Å²) in [5.41, 5.74) is -0.368. The number of hydrazone groups is 1. The topological polar surface area (TPSA) is 96.4 Å². The fraction of sp³-hybridized carbons (Fsp3) is 0.227. The Hall–Kier alpha value is -3.23. The van der Waals surface area contributed by atoms with Crippen molar-refractivity contribution in [3.05, 3.63) is 64.1 Å². The lowest BCUT2D eigenvalue weighted by molar-refractivity contribution is -0.147. The molecule has 0 fully saturated rings. The van der Waals surface area contributed by atoms with Gasteiger partial charge in [-0.05, 0) is 48.9 Å². The summed E-state index contributed by atoms with van der Waals surface area (Å²) in [5, 5.41) is 6.18. The third kappa shape index (κ3) is 4.37. The summed E-state index contributed by atoms with van der Waals surface area (Å²) in [6.45, 7) is 2.44. The highest BCUT2D eigenvalue weighted by molar-refractivity contribution is 6.45. The van der Waals surface area contributed by atoms with Crippen LogP contribution < -0.4 is 4.90 Å². The first-order chi connectivity index (χ1) is 15.1. The van der Waals surface area contributed by atoms with Crippen LogP contribution in [0.2, 0.25) is 10.0 Å². The van der Waals surface area contributed by atoms with Gasteiger partial charge in [-0.15, -0.1) is 0 Å². The van der Waals surface area contributed by atoms with Crippen molar-refractivity contribution in [3.8, 4) is 0 Å². The number of carbonyl (C=O) groups is 4. The number of Topliss-reactive ketones (excluding diaryl/α,β-unsaturated/α-hetero) is 1. The number of ketones is 1. The Labute approximate surface area is 194 Å². The van der Waals surface area contributed by atoms with Gasteiger partial charge in [-0.1, -0.05) is 35.3 Å². The average molecular weight is 476 g/mol. The first kappa shape index (κ1) is 23.4. The second kappa shape index (κ2) is 9.10. The molecule has 1 aliphatic rings. The lowest BCUT2D eigenvalue weighted by Gasteiger charge is -2.26. The van der Waals surface area contributed by atoms with Crippen LogP contribution in [-0.2, 0) is 19.1 Å². The van der Waals surface area contributed by atoms with Gasteiger partial charge in [0.05, 0.1) is 25.1 Å². The number of urea groups is 1. The standard InChI is InChI=1S/C22H19Cl2N3O5/c1-13(28)19(29)27(17-10-8-16(24)9-11-17)21(31)26-12-22(2,20(30)32-3)18(25-26)14-4-6-15(23)7-5-14/h4-11H,12H2,1-3H3. The first-order valence-electron chi connectivity index (χ1n) is 9.44. The lowest BCUT2D eigenvalue weighted by Crippen LogP contribution is -2.48. The van der Waals surface area contributed by atoms with Crippen molar-refractivity contribution in [2.75, 3.05) is 18.6 Å². The highest BCUT2D eigenvalue weighted by Gasteiger charge is 2.49. The molecule has 0 aliphatic carbocycles. The minimum absolute atomic E-state index is 0.134. The van der Waals surface area contributed by atoms with E-state index < -0.39 is 29.1 Å². The number of ether oxygens (including phenoxy) is 1. The number of carbonyl (C=O) groups excluding carboxylic acids is 4. The van der Waals surface area contributed by atoms with Gasteiger partial charge in [-0.3, -0.25) is 14.4 Å². The Bertz CT molecular complexity index is 1120. The van der Waals surface area contributed by atoms with Gasteiger partial charge in [0.25, 0.3) is 0 Å². The first-order valence-corrected chi connectivity index (χ1v) is 10.2. The van der Waals surface area contributed by atoms with Gasteiger partial charge < -0.3 is 4.74 Å². The van der Waals surface area contributed by atoms with E-state index in [1.165, 1.54) is 31.4 Å². The van der Waals surface area contributed by atoms with E-state index in [1.54, 1.807) is 31.2 Å². The van der Waals surface area contributed by atoms with Crippen molar-refractivity contribution in [1.29, 1.82) is 0 Å². The molecule has 0 spiro atoms. The van der Waals surface area contributed by atoms with Gasteiger partial charge >= 0.3 is 17.9 Å². The molecular weight excluding hydrogens is 457 g/mol. The van der Waals surface area contributed by atoms with E-state index in [0.29, 0.717) is 20.5 Å². The molecule has 166 valence electrons. The molecule has 8 nitrogen and oxygen atoms in total. The molecule has 0 radical (unpaired) electrons. The molecule has 0 aromatic heterocycles. The number of nitrogens with zero attached hydrogens (tertiary/aromatic N) is 3. The van der Waals surface area contributed by atoms with Crippen molar-refractivity contribution in [2.24, 2.45) is 10.5 Å². The zero-order valence-corrected chi connectivity index (χ0v) is 19.0. The lowest BCUT2D eigenvalue weighted by atomic mass is 9.82. The van der Waals surface area contributed by atoms with Crippen LogP contribution in [0.4, 0.5) is 10.5 Å². The van der Waals surface area contributed by atoms with E-state index in [4.69, 9.17) is 27.9 Å². The number of methoxy groups -OCH3 is 1. The van der Waals surface area contributed by atoms with Crippen LogP contribution in [0.25, 0.3) is 0 Å². The molecule has 10 heteroatoms. The molecule has 3 rings (SSSR count). The Morgan fingerprint density at radius 3 is 2.03 bits per heavy atom. The zero-order valence-electron chi connectivity index (χ0n) is 17.5. The molecule has 1 atom stereocenters. The number of halogens is 2. The molecule has 2 aromatic carbocycles. The number of imide groups is 1. The van der Waals surface area contributed by atoms with E-state index >= 15 is 0 Å². The summed E-state index contributed by atoms with van der Waals surface area (Å²) in [6.07, 6.45) is 0. The van der Waals surface area contributed by atoms with Crippen molar-refractivity contribution in [3.63, 3.8) is 0 Å². The number of rotatable bonds is 4. The summed E-state index contributed by atoms with van der Waals surface area (Å²) < 4.78 is 4.95. The third-order valence-electron chi connectivity index (χ3n) is 4.96. The molecule has 1 heterocycles. The minimum Gasteiger partial charge on any atom is -0.468 e. The normalized spacial score (nSPS) is 17.5. The molecule has 0 N–H and O–H groups in total. The SMILES string of the molecule is COC(=O)C1(C)CN(C(=O)N(C(=O)C(C)=O)c2ccc(Cl)cc2)N=C1c1ccc(Cl)cc1. The molecule has 1 aliphatic heterocycles. The predicted molar refractivity (Wildman–Crippen MR) is 120 cm³/mol. The van der Waals surface area contributed by atoms with Gasteiger partial charge in [-0.2, -0.15) is 5.10 Å². The summed E-state index contributed by atoms with van der Waals surface area (Å²) in [7, 11) is 1.23. The van der Waals surface area contributed by atoms with Gasteiger partial charge in [0, 0.05) is 17.0 Å². The number of anilines is 1. The molecule has 3 amide bonds. The van der Waals surface area contributed by atoms with Crippen molar-refractivity contribution in [2.45, 2.75) is 13.8 Å². The molecule has 0 bridgehead atoms. The molecule has 32 heavy (non-hydrogen) atoms. The van der Waals surface area contributed by atoms with Crippen LogP contribution in [0.15, 0.2) is 53.6 Å². The zero-order chi connectivity index (χ0) is 23.6. The molecule has 1 unspecified atom stereocenters.